The molecule has 4 atom stereocenters. The Morgan fingerprint density at radius 2 is 1.29 bits per heavy atom. The van der Waals surface area contributed by atoms with Crippen molar-refractivity contribution in [2.24, 2.45) is 23.2 Å². The van der Waals surface area contributed by atoms with Gasteiger partial charge in [0, 0.05) is 0 Å². The summed E-state index contributed by atoms with van der Waals surface area (Å²) in [5.74, 6) is -5.80. The van der Waals surface area contributed by atoms with E-state index in [0.717, 1.165) is 5.56 Å². The van der Waals surface area contributed by atoms with Crippen molar-refractivity contribution in [2.45, 2.75) is 79.6 Å². The van der Waals surface area contributed by atoms with Crippen LogP contribution in [0, 0.1) is 23.2 Å². The molecular weight excluding hydrogens is 494 g/mol. The minimum atomic E-state index is -1.48. The minimum absolute atomic E-state index is 0.0125. The number of carbonyl (C=O) groups excluding carboxylic acids is 3. The first-order valence-electron chi connectivity index (χ1n) is 12.6. The first kappa shape index (κ1) is 32.4. The molecule has 1 rings (SSSR count). The molecule has 0 radical (unpaired) electrons. The van der Waals surface area contributed by atoms with Gasteiger partial charge in [-0.1, -0.05) is 78.8 Å². The number of amides is 3. The Morgan fingerprint density at radius 1 is 0.789 bits per heavy atom. The third-order valence-corrected chi connectivity index (χ3v) is 6.11. The molecule has 0 aromatic heterocycles. The van der Waals surface area contributed by atoms with Crippen molar-refractivity contribution in [2.75, 3.05) is 0 Å². The third-order valence-electron chi connectivity index (χ3n) is 6.11. The van der Waals surface area contributed by atoms with Crippen molar-refractivity contribution < 1.29 is 38.9 Å². The molecule has 11 nitrogen and oxygen atoms in total. The number of benzene rings is 1. The zero-order chi connectivity index (χ0) is 29.2. The Bertz CT molecular complexity index is 972. The van der Waals surface area contributed by atoms with Gasteiger partial charge in [0.25, 0.3) is 0 Å². The van der Waals surface area contributed by atoms with Crippen molar-refractivity contribution in [3.63, 3.8) is 0 Å². The summed E-state index contributed by atoms with van der Waals surface area (Å²) in [4.78, 5) is 62.1. The molecule has 0 saturated carbocycles. The second-order valence-electron chi connectivity index (χ2n) is 11.0. The molecular formula is C27H41N3O8. The maximum Gasteiger partial charge on any atom is 0.408 e. The Balaban J connectivity index is 2.93. The maximum atomic E-state index is 13.1. The lowest BCUT2D eigenvalue weighted by Crippen LogP contribution is -2.58. The second kappa shape index (κ2) is 14.3. The van der Waals surface area contributed by atoms with E-state index >= 15 is 0 Å². The first-order chi connectivity index (χ1) is 17.5. The van der Waals surface area contributed by atoms with Crippen LogP contribution in [0.2, 0.25) is 0 Å². The molecule has 3 amide bonds. The molecule has 38 heavy (non-hydrogen) atoms. The molecule has 1 unspecified atom stereocenters. The SMILES string of the molecule is CC(C)[C@H](NC(=O)OCc1ccccc1)C(=O)N[C@H](C(=O)N[C@@H](CC(C(=O)O)C(C)(C)C)C(=O)O)C(C)C. The molecule has 212 valence electrons. The fourth-order valence-corrected chi connectivity index (χ4v) is 3.75. The van der Waals surface area contributed by atoms with E-state index in [1.165, 1.54) is 0 Å². The number of carboxylic acid groups (broad SMARTS) is 2. The van der Waals surface area contributed by atoms with Crippen LogP contribution >= 0.6 is 0 Å². The number of hydrogen-bond donors (Lipinski definition) is 5. The summed E-state index contributed by atoms with van der Waals surface area (Å²) in [6.07, 6.45) is -1.14. The minimum Gasteiger partial charge on any atom is -0.481 e. The highest BCUT2D eigenvalue weighted by Gasteiger charge is 2.38. The van der Waals surface area contributed by atoms with Gasteiger partial charge in [-0.15, -0.1) is 0 Å². The zero-order valence-electron chi connectivity index (χ0n) is 23.1. The molecule has 0 bridgehead atoms. The summed E-state index contributed by atoms with van der Waals surface area (Å²) in [6.45, 7) is 11.8. The average Bonchev–Trinajstić information content (AvgIpc) is 2.80. The van der Waals surface area contributed by atoms with Crippen molar-refractivity contribution >= 4 is 29.8 Å². The summed E-state index contributed by atoms with van der Waals surface area (Å²) < 4.78 is 5.20. The van der Waals surface area contributed by atoms with Gasteiger partial charge in [-0.3, -0.25) is 14.4 Å². The highest BCUT2D eigenvalue weighted by molar-refractivity contribution is 5.93. The largest absolute Gasteiger partial charge is 0.481 e. The van der Waals surface area contributed by atoms with Crippen LogP contribution < -0.4 is 16.0 Å². The Kier molecular flexibility index (Phi) is 12.2. The van der Waals surface area contributed by atoms with Crippen molar-refractivity contribution in [1.82, 2.24) is 16.0 Å². The predicted octanol–water partition coefficient (Wildman–Crippen LogP) is 2.78. The molecule has 0 aliphatic carbocycles. The summed E-state index contributed by atoms with van der Waals surface area (Å²) in [7, 11) is 0. The van der Waals surface area contributed by atoms with Crippen LogP contribution in [0.4, 0.5) is 4.79 Å². The number of aliphatic carboxylic acids is 2. The van der Waals surface area contributed by atoms with Gasteiger partial charge in [0.15, 0.2) is 0 Å². The van der Waals surface area contributed by atoms with Crippen LogP contribution in [0.5, 0.6) is 0 Å². The van der Waals surface area contributed by atoms with E-state index in [0.29, 0.717) is 0 Å². The number of nitrogens with one attached hydrogen (secondary N) is 3. The number of hydrogen-bond acceptors (Lipinski definition) is 6. The van der Waals surface area contributed by atoms with Crippen molar-refractivity contribution in [3.05, 3.63) is 35.9 Å². The van der Waals surface area contributed by atoms with E-state index in [-0.39, 0.29) is 18.9 Å². The summed E-state index contributed by atoms with van der Waals surface area (Å²) >= 11 is 0. The fraction of sp³-hybridized carbons (Fsp3) is 0.593. The molecule has 0 aliphatic rings. The molecule has 0 fully saturated rings. The van der Waals surface area contributed by atoms with Gasteiger partial charge in [0.1, 0.15) is 24.7 Å². The van der Waals surface area contributed by atoms with Gasteiger partial charge < -0.3 is 30.9 Å². The predicted molar refractivity (Wildman–Crippen MR) is 140 cm³/mol. The van der Waals surface area contributed by atoms with Crippen molar-refractivity contribution in [1.29, 1.82) is 0 Å². The van der Waals surface area contributed by atoms with Gasteiger partial charge >= 0.3 is 18.0 Å². The van der Waals surface area contributed by atoms with Gasteiger partial charge in [-0.25, -0.2) is 9.59 Å². The van der Waals surface area contributed by atoms with Gasteiger partial charge in [-0.05, 0) is 29.2 Å². The summed E-state index contributed by atoms with van der Waals surface area (Å²) in [5.41, 5.74) is 0.0237. The lowest BCUT2D eigenvalue weighted by atomic mass is 9.77. The molecule has 0 saturated heterocycles. The van der Waals surface area contributed by atoms with E-state index in [1.54, 1.807) is 72.7 Å². The number of alkyl carbamates (subject to hydrolysis) is 1. The van der Waals surface area contributed by atoms with Crippen LogP contribution in [0.1, 0.15) is 60.5 Å². The monoisotopic (exact) mass is 535 g/mol. The lowest BCUT2D eigenvalue weighted by molar-refractivity contribution is -0.149. The molecule has 0 heterocycles. The van der Waals surface area contributed by atoms with E-state index in [4.69, 9.17) is 4.74 Å². The third kappa shape index (κ3) is 10.4. The van der Waals surface area contributed by atoms with Crippen LogP contribution in [0.3, 0.4) is 0 Å². The maximum absolute atomic E-state index is 13.1. The standard InChI is InChI=1S/C27H41N3O8/c1-15(2)20(22(31)28-19(25(35)36)13-18(24(33)34)27(5,6)7)29-23(32)21(16(3)4)30-26(37)38-14-17-11-9-8-10-12-17/h8-12,15-16,18-21H,13-14H2,1-7H3,(H,28,31)(H,29,32)(H,30,37)(H,33,34)(H,35,36)/t18?,19-,20-,21-/m0/s1. The van der Waals surface area contributed by atoms with Gasteiger partial charge in [0.2, 0.25) is 11.8 Å². The highest BCUT2D eigenvalue weighted by atomic mass is 16.5. The van der Waals surface area contributed by atoms with Crippen LogP contribution in [0.25, 0.3) is 0 Å². The Hall–Kier alpha value is -3.63. The highest BCUT2D eigenvalue weighted by Crippen LogP contribution is 2.30. The second-order valence-corrected chi connectivity index (χ2v) is 11.0. The molecule has 1 aromatic carbocycles. The first-order valence-corrected chi connectivity index (χ1v) is 12.6. The average molecular weight is 536 g/mol. The van der Waals surface area contributed by atoms with Crippen LogP contribution in [0.15, 0.2) is 30.3 Å². The summed E-state index contributed by atoms with van der Waals surface area (Å²) in [5, 5.41) is 26.7. The normalized spacial score (nSPS) is 14.7. The molecule has 0 aliphatic heterocycles. The van der Waals surface area contributed by atoms with E-state index in [2.05, 4.69) is 16.0 Å². The lowest BCUT2D eigenvalue weighted by Gasteiger charge is -2.31. The zero-order valence-corrected chi connectivity index (χ0v) is 23.1. The van der Waals surface area contributed by atoms with E-state index < -0.39 is 65.2 Å². The smallest absolute Gasteiger partial charge is 0.408 e. The van der Waals surface area contributed by atoms with Gasteiger partial charge in [-0.2, -0.15) is 0 Å². The van der Waals surface area contributed by atoms with Gasteiger partial charge in [0.05, 0.1) is 5.92 Å². The van der Waals surface area contributed by atoms with Crippen LogP contribution in [-0.2, 0) is 30.5 Å². The number of ether oxygens (including phenoxy) is 1. The number of carbonyl (C=O) groups is 5. The number of rotatable bonds is 13. The Labute approximate surface area is 223 Å². The molecule has 1 aromatic rings. The number of carboxylic acids is 2. The molecule has 5 N–H and O–H groups in total. The van der Waals surface area contributed by atoms with E-state index in [1.807, 2.05) is 6.07 Å². The quantitative estimate of drug-likeness (QED) is 0.257. The summed E-state index contributed by atoms with van der Waals surface area (Å²) in [6, 6.07) is 5.37. The topological polar surface area (TPSA) is 171 Å². The molecule has 0 spiro atoms. The Morgan fingerprint density at radius 3 is 1.74 bits per heavy atom. The fourth-order valence-electron chi connectivity index (χ4n) is 3.75. The molecule has 11 heteroatoms. The van der Waals surface area contributed by atoms with Crippen molar-refractivity contribution in [3.8, 4) is 0 Å². The van der Waals surface area contributed by atoms with E-state index in [9.17, 15) is 34.2 Å². The van der Waals surface area contributed by atoms with Crippen LogP contribution in [-0.4, -0.2) is 58.2 Å².